The van der Waals surface area contributed by atoms with E-state index in [2.05, 4.69) is 5.32 Å². The normalized spacial score (nSPS) is 11.4. The van der Waals surface area contributed by atoms with Crippen LogP contribution in [0.3, 0.4) is 0 Å². The van der Waals surface area contributed by atoms with Gasteiger partial charge >= 0.3 is 12.1 Å². The number of hydrogen-bond acceptors (Lipinski definition) is 4. The van der Waals surface area contributed by atoms with E-state index in [1.165, 1.54) is 0 Å². The second-order valence-electron chi connectivity index (χ2n) is 5.86. The van der Waals surface area contributed by atoms with Crippen LogP contribution in [0.1, 0.15) is 11.1 Å². The minimum absolute atomic E-state index is 0.0938. The molecule has 2 aromatic carbocycles. The molecule has 6 nitrogen and oxygen atoms in total. The molecule has 0 aliphatic heterocycles. The number of aliphatic carboxylic acids is 1. The Hall–Kier alpha value is -3.02. The Bertz CT molecular complexity index is 699. The van der Waals surface area contributed by atoms with E-state index in [9.17, 15) is 14.7 Å². The van der Waals surface area contributed by atoms with E-state index in [1.807, 2.05) is 73.6 Å². The third-order valence-electron chi connectivity index (χ3n) is 3.70. The van der Waals surface area contributed by atoms with Gasteiger partial charge in [-0.3, -0.25) is 0 Å². The lowest BCUT2D eigenvalue weighted by molar-refractivity contribution is -0.139. The highest BCUT2D eigenvalue weighted by atomic mass is 16.5. The van der Waals surface area contributed by atoms with Gasteiger partial charge in [0.25, 0.3) is 0 Å². The summed E-state index contributed by atoms with van der Waals surface area (Å²) in [6.45, 7) is 0.0938. The molecule has 1 amide bonds. The van der Waals surface area contributed by atoms with E-state index in [1.54, 1.807) is 0 Å². The lowest BCUT2D eigenvalue weighted by Gasteiger charge is -2.16. The van der Waals surface area contributed by atoms with Gasteiger partial charge in [-0.1, -0.05) is 42.5 Å². The molecule has 0 aliphatic rings. The zero-order chi connectivity index (χ0) is 18.2. The van der Waals surface area contributed by atoms with Gasteiger partial charge in [-0.15, -0.1) is 0 Å². The molecular weight excluding hydrogens is 320 g/mol. The van der Waals surface area contributed by atoms with Crippen LogP contribution in [0.15, 0.2) is 54.6 Å². The predicted octanol–water partition coefficient (Wildman–Crippen LogP) is 2.67. The molecule has 2 N–H and O–H groups in total. The Morgan fingerprint density at radius 2 is 1.68 bits per heavy atom. The van der Waals surface area contributed by atoms with Crippen LogP contribution >= 0.6 is 0 Å². The van der Waals surface area contributed by atoms with Crippen LogP contribution in [-0.4, -0.2) is 37.3 Å². The van der Waals surface area contributed by atoms with Gasteiger partial charge in [0.05, 0.1) is 0 Å². The SMILES string of the molecule is CN(C)c1ccc(C[C@H](NC(=O)OCc2ccccc2)C(=O)O)cc1. The number of carboxylic acid groups (broad SMARTS) is 1. The second-order valence-corrected chi connectivity index (χ2v) is 5.86. The van der Waals surface area contributed by atoms with Crippen molar-refractivity contribution in [2.24, 2.45) is 0 Å². The molecule has 0 radical (unpaired) electrons. The number of nitrogens with one attached hydrogen (secondary N) is 1. The number of anilines is 1. The molecule has 2 rings (SSSR count). The average molecular weight is 342 g/mol. The summed E-state index contributed by atoms with van der Waals surface area (Å²) in [7, 11) is 3.86. The molecular formula is C19H22N2O4. The number of rotatable bonds is 7. The van der Waals surface area contributed by atoms with E-state index in [0.717, 1.165) is 16.8 Å². The Balaban J connectivity index is 1.91. The van der Waals surface area contributed by atoms with Crippen LogP contribution in [0.2, 0.25) is 0 Å². The van der Waals surface area contributed by atoms with Crippen molar-refractivity contribution in [3.05, 3.63) is 65.7 Å². The minimum atomic E-state index is -1.10. The highest BCUT2D eigenvalue weighted by Gasteiger charge is 2.21. The number of carbonyl (C=O) groups is 2. The summed E-state index contributed by atoms with van der Waals surface area (Å²) in [5, 5.41) is 11.7. The number of nitrogens with zero attached hydrogens (tertiary/aromatic N) is 1. The average Bonchev–Trinajstić information content (AvgIpc) is 2.60. The summed E-state index contributed by atoms with van der Waals surface area (Å²) in [5.41, 5.74) is 2.68. The highest BCUT2D eigenvalue weighted by molar-refractivity contribution is 5.80. The van der Waals surface area contributed by atoms with Gasteiger partial charge in [0.15, 0.2) is 0 Å². The highest BCUT2D eigenvalue weighted by Crippen LogP contribution is 2.13. The molecule has 0 bridgehead atoms. The summed E-state index contributed by atoms with van der Waals surface area (Å²) >= 11 is 0. The number of carboxylic acids is 1. The second kappa shape index (κ2) is 8.73. The maximum atomic E-state index is 11.9. The van der Waals surface area contributed by atoms with Crippen LogP contribution < -0.4 is 10.2 Å². The Morgan fingerprint density at radius 1 is 1.04 bits per heavy atom. The van der Waals surface area contributed by atoms with Crippen molar-refractivity contribution >= 4 is 17.7 Å². The molecule has 0 saturated carbocycles. The van der Waals surface area contributed by atoms with Crippen LogP contribution in [0.5, 0.6) is 0 Å². The van der Waals surface area contributed by atoms with E-state index < -0.39 is 18.1 Å². The van der Waals surface area contributed by atoms with Crippen LogP contribution in [-0.2, 0) is 22.6 Å². The fraction of sp³-hybridized carbons (Fsp3) is 0.263. The minimum Gasteiger partial charge on any atom is -0.480 e. The molecule has 2 aromatic rings. The van der Waals surface area contributed by atoms with Crippen molar-refractivity contribution in [3.8, 4) is 0 Å². The molecule has 0 unspecified atom stereocenters. The Kier molecular flexibility index (Phi) is 6.39. The standard InChI is InChI=1S/C19H22N2O4/c1-21(2)16-10-8-14(9-11-16)12-17(18(22)23)20-19(24)25-13-15-6-4-3-5-7-15/h3-11,17H,12-13H2,1-2H3,(H,20,24)(H,22,23)/t17-/m0/s1. The van der Waals surface area contributed by atoms with Crippen molar-refractivity contribution in [3.63, 3.8) is 0 Å². The molecule has 0 heterocycles. The number of ether oxygens (including phenoxy) is 1. The predicted molar refractivity (Wildman–Crippen MR) is 95.7 cm³/mol. The topological polar surface area (TPSA) is 78.9 Å². The zero-order valence-electron chi connectivity index (χ0n) is 14.3. The van der Waals surface area contributed by atoms with Crippen LogP contribution in [0, 0.1) is 0 Å². The lowest BCUT2D eigenvalue weighted by Crippen LogP contribution is -2.42. The fourth-order valence-corrected chi connectivity index (χ4v) is 2.27. The maximum absolute atomic E-state index is 11.9. The Labute approximate surface area is 147 Å². The summed E-state index contributed by atoms with van der Waals surface area (Å²) in [4.78, 5) is 25.2. The van der Waals surface area contributed by atoms with E-state index >= 15 is 0 Å². The van der Waals surface area contributed by atoms with E-state index in [0.29, 0.717) is 0 Å². The number of amides is 1. The monoisotopic (exact) mass is 342 g/mol. The van der Waals surface area contributed by atoms with Crippen molar-refractivity contribution in [1.29, 1.82) is 0 Å². The summed E-state index contributed by atoms with van der Waals surface area (Å²) in [6.07, 6.45) is -0.565. The maximum Gasteiger partial charge on any atom is 0.408 e. The van der Waals surface area contributed by atoms with Crippen molar-refractivity contribution in [2.45, 2.75) is 19.1 Å². The van der Waals surface area contributed by atoms with Crippen molar-refractivity contribution in [1.82, 2.24) is 5.32 Å². The molecule has 132 valence electrons. The molecule has 0 aromatic heterocycles. The molecule has 1 atom stereocenters. The zero-order valence-corrected chi connectivity index (χ0v) is 14.3. The number of hydrogen-bond donors (Lipinski definition) is 2. The molecule has 0 fully saturated rings. The number of benzene rings is 2. The van der Waals surface area contributed by atoms with Gasteiger partial charge in [0.1, 0.15) is 12.6 Å². The summed E-state index contributed by atoms with van der Waals surface area (Å²) in [5.74, 6) is -1.10. The molecule has 25 heavy (non-hydrogen) atoms. The Morgan fingerprint density at radius 3 is 2.24 bits per heavy atom. The smallest absolute Gasteiger partial charge is 0.408 e. The van der Waals surface area contributed by atoms with Crippen molar-refractivity contribution < 1.29 is 19.4 Å². The van der Waals surface area contributed by atoms with Gasteiger partial charge in [-0.2, -0.15) is 0 Å². The summed E-state index contributed by atoms with van der Waals surface area (Å²) in [6, 6.07) is 15.7. The third kappa shape index (κ3) is 5.84. The third-order valence-corrected chi connectivity index (χ3v) is 3.70. The molecule has 0 aliphatic carbocycles. The van der Waals surface area contributed by atoms with Gasteiger partial charge in [-0.05, 0) is 23.3 Å². The number of alkyl carbamates (subject to hydrolysis) is 1. The first-order chi connectivity index (χ1) is 12.0. The van der Waals surface area contributed by atoms with Crippen LogP contribution in [0.25, 0.3) is 0 Å². The molecule has 6 heteroatoms. The van der Waals surface area contributed by atoms with Crippen LogP contribution in [0.4, 0.5) is 10.5 Å². The largest absolute Gasteiger partial charge is 0.480 e. The first-order valence-corrected chi connectivity index (χ1v) is 7.92. The van der Waals surface area contributed by atoms with Gasteiger partial charge in [-0.25, -0.2) is 9.59 Å². The van der Waals surface area contributed by atoms with E-state index in [-0.39, 0.29) is 13.0 Å². The van der Waals surface area contributed by atoms with E-state index in [4.69, 9.17) is 4.74 Å². The number of carbonyl (C=O) groups excluding carboxylic acids is 1. The van der Waals surface area contributed by atoms with Gasteiger partial charge < -0.3 is 20.1 Å². The molecule has 0 spiro atoms. The van der Waals surface area contributed by atoms with Gasteiger partial charge in [0.2, 0.25) is 0 Å². The lowest BCUT2D eigenvalue weighted by atomic mass is 10.1. The first kappa shape index (κ1) is 18.3. The quantitative estimate of drug-likeness (QED) is 0.809. The molecule has 0 saturated heterocycles. The first-order valence-electron chi connectivity index (χ1n) is 7.92. The van der Waals surface area contributed by atoms with Crippen molar-refractivity contribution in [2.75, 3.05) is 19.0 Å². The van der Waals surface area contributed by atoms with Gasteiger partial charge in [0, 0.05) is 26.2 Å². The summed E-state index contributed by atoms with van der Waals surface area (Å²) < 4.78 is 5.08. The fourth-order valence-electron chi connectivity index (χ4n) is 2.27.